The van der Waals surface area contributed by atoms with Gasteiger partial charge in [0.25, 0.3) is 0 Å². The van der Waals surface area contributed by atoms with Crippen LogP contribution in [-0.2, 0) is 17.8 Å². The van der Waals surface area contributed by atoms with E-state index >= 15 is 0 Å². The summed E-state index contributed by atoms with van der Waals surface area (Å²) in [6.07, 6.45) is -0.0774. The van der Waals surface area contributed by atoms with Gasteiger partial charge < -0.3 is 9.84 Å². The number of hydrogen-bond acceptors (Lipinski definition) is 3. The van der Waals surface area contributed by atoms with Gasteiger partial charge in [-0.25, -0.2) is 4.79 Å². The Hall–Kier alpha value is -2.08. The first kappa shape index (κ1) is 19.7. The lowest BCUT2D eigenvalue weighted by Gasteiger charge is -2.17. The van der Waals surface area contributed by atoms with Crippen LogP contribution < -0.4 is 5.69 Å². The molecule has 2 atom stereocenters. The molecule has 0 saturated heterocycles. The quantitative estimate of drug-likeness (QED) is 0.634. The van der Waals surface area contributed by atoms with Gasteiger partial charge >= 0.3 is 5.69 Å². The normalized spacial score (nSPS) is 13.8. The maximum Gasteiger partial charge on any atom is 0.329 e. The minimum atomic E-state index is -0.779. The number of fused-ring (bicyclic) bond motifs is 1. The summed E-state index contributed by atoms with van der Waals surface area (Å²) in [4.78, 5) is 12.8. The Balaban J connectivity index is 1.71. The number of para-hydroxylation sites is 2. The first-order valence-electron chi connectivity index (χ1n) is 9.24. The second-order valence-electron chi connectivity index (χ2n) is 6.71. The maximum atomic E-state index is 12.8. The molecule has 0 bridgehead atoms. The topological polar surface area (TPSA) is 56.4 Å². The number of aliphatic hydroxyl groups excluding tert-OH is 1. The van der Waals surface area contributed by atoms with Crippen LogP contribution in [0.1, 0.15) is 31.9 Å². The Morgan fingerprint density at radius 3 is 2.33 bits per heavy atom. The zero-order valence-corrected chi connectivity index (χ0v) is 16.4. The predicted molar refractivity (Wildman–Crippen MR) is 108 cm³/mol. The van der Waals surface area contributed by atoms with Crippen LogP contribution in [-0.4, -0.2) is 27.0 Å². The van der Waals surface area contributed by atoms with E-state index in [1.54, 1.807) is 9.13 Å². The number of aliphatic hydroxyl groups is 1. The summed E-state index contributed by atoms with van der Waals surface area (Å²) >= 11 is 5.91. The minimum absolute atomic E-state index is 0.0946. The summed E-state index contributed by atoms with van der Waals surface area (Å²) in [7, 11) is 0. The summed E-state index contributed by atoms with van der Waals surface area (Å²) in [6.45, 7) is 4.97. The van der Waals surface area contributed by atoms with Gasteiger partial charge in [0.1, 0.15) is 0 Å². The third-order valence-corrected chi connectivity index (χ3v) is 4.90. The SMILES string of the molecule is CCCn1c(=O)n(CC(O)COC(C)c2ccc(Cl)cc2)c2ccccc21. The minimum Gasteiger partial charge on any atom is -0.389 e. The van der Waals surface area contributed by atoms with Crippen LogP contribution in [0.5, 0.6) is 0 Å². The molecule has 3 rings (SSSR count). The Morgan fingerprint density at radius 2 is 1.70 bits per heavy atom. The molecular formula is C21H25ClN2O3. The lowest BCUT2D eigenvalue weighted by molar-refractivity contribution is -0.00869. The number of rotatable bonds is 8. The Bertz CT molecular complexity index is 946. The maximum absolute atomic E-state index is 12.8. The number of aromatic nitrogens is 2. The molecule has 2 unspecified atom stereocenters. The fourth-order valence-corrected chi connectivity index (χ4v) is 3.36. The van der Waals surface area contributed by atoms with Crippen LogP contribution >= 0.6 is 11.6 Å². The molecule has 1 N–H and O–H groups in total. The van der Waals surface area contributed by atoms with Crippen LogP contribution in [0.25, 0.3) is 11.0 Å². The third-order valence-electron chi connectivity index (χ3n) is 4.64. The number of imidazole rings is 1. The molecule has 27 heavy (non-hydrogen) atoms. The highest BCUT2D eigenvalue weighted by Gasteiger charge is 2.16. The Kier molecular flexibility index (Phi) is 6.37. The molecule has 144 valence electrons. The number of nitrogens with zero attached hydrogens (tertiary/aromatic N) is 2. The van der Waals surface area contributed by atoms with Gasteiger partial charge in [-0.15, -0.1) is 0 Å². The number of aryl methyl sites for hydroxylation is 1. The van der Waals surface area contributed by atoms with Crippen molar-refractivity contribution in [2.24, 2.45) is 0 Å². The average molecular weight is 389 g/mol. The predicted octanol–water partition coefficient (Wildman–Crippen LogP) is 4.01. The molecule has 2 aromatic carbocycles. The Morgan fingerprint density at radius 1 is 1.07 bits per heavy atom. The summed E-state index contributed by atoms with van der Waals surface area (Å²) in [5.74, 6) is 0. The highest BCUT2D eigenvalue weighted by Crippen LogP contribution is 2.20. The van der Waals surface area contributed by atoms with E-state index in [0.717, 1.165) is 23.0 Å². The second-order valence-corrected chi connectivity index (χ2v) is 7.15. The molecule has 0 fully saturated rings. The van der Waals surface area contributed by atoms with E-state index in [4.69, 9.17) is 16.3 Å². The molecule has 0 saturated carbocycles. The fraction of sp³-hybridized carbons (Fsp3) is 0.381. The standard InChI is InChI=1S/C21H25ClN2O3/c1-3-12-23-19-6-4-5-7-20(19)24(21(23)26)13-18(25)14-27-15(2)16-8-10-17(22)11-9-16/h4-11,15,18,25H,3,12-14H2,1-2H3. The van der Waals surface area contributed by atoms with Crippen LogP contribution in [0.2, 0.25) is 5.02 Å². The molecule has 5 nitrogen and oxygen atoms in total. The van der Waals surface area contributed by atoms with Crippen molar-refractivity contribution in [1.82, 2.24) is 9.13 Å². The summed E-state index contributed by atoms with van der Waals surface area (Å²) < 4.78 is 9.19. The average Bonchev–Trinajstić information content (AvgIpc) is 2.93. The van der Waals surface area contributed by atoms with Crippen molar-refractivity contribution in [3.05, 3.63) is 69.6 Å². The van der Waals surface area contributed by atoms with Crippen molar-refractivity contribution in [3.63, 3.8) is 0 Å². The van der Waals surface area contributed by atoms with Crippen molar-refractivity contribution < 1.29 is 9.84 Å². The zero-order chi connectivity index (χ0) is 19.4. The van der Waals surface area contributed by atoms with Crippen molar-refractivity contribution >= 4 is 22.6 Å². The smallest absolute Gasteiger partial charge is 0.329 e. The second kappa shape index (κ2) is 8.74. The molecule has 0 amide bonds. The molecule has 0 spiro atoms. The Labute approximate surface area is 163 Å². The van der Waals surface area contributed by atoms with Gasteiger partial charge in [0.15, 0.2) is 0 Å². The number of benzene rings is 2. The van der Waals surface area contributed by atoms with E-state index in [-0.39, 0.29) is 24.9 Å². The van der Waals surface area contributed by atoms with Crippen molar-refractivity contribution in [2.75, 3.05) is 6.61 Å². The van der Waals surface area contributed by atoms with E-state index < -0.39 is 6.10 Å². The first-order valence-corrected chi connectivity index (χ1v) is 9.62. The van der Waals surface area contributed by atoms with Crippen LogP contribution in [0.15, 0.2) is 53.3 Å². The number of halogens is 1. The molecule has 0 aliphatic carbocycles. The molecule has 1 heterocycles. The molecule has 1 aromatic heterocycles. The lowest BCUT2D eigenvalue weighted by Crippen LogP contribution is -2.31. The van der Waals surface area contributed by atoms with Crippen molar-refractivity contribution in [3.8, 4) is 0 Å². The van der Waals surface area contributed by atoms with E-state index in [0.29, 0.717) is 11.6 Å². The molecule has 6 heteroatoms. The first-order chi connectivity index (χ1) is 13.0. The molecule has 0 aliphatic rings. The van der Waals surface area contributed by atoms with Crippen LogP contribution in [0, 0.1) is 0 Å². The van der Waals surface area contributed by atoms with Gasteiger partial charge in [0.05, 0.1) is 36.4 Å². The van der Waals surface area contributed by atoms with Crippen LogP contribution in [0.4, 0.5) is 0 Å². The van der Waals surface area contributed by atoms with Crippen LogP contribution in [0.3, 0.4) is 0 Å². The largest absolute Gasteiger partial charge is 0.389 e. The summed E-state index contributed by atoms with van der Waals surface area (Å²) in [5, 5.41) is 11.1. The van der Waals surface area contributed by atoms with Gasteiger partial charge in [0.2, 0.25) is 0 Å². The molecular weight excluding hydrogens is 364 g/mol. The van der Waals surface area contributed by atoms with Gasteiger partial charge in [-0.05, 0) is 43.2 Å². The number of ether oxygens (including phenoxy) is 1. The molecule has 0 aliphatic heterocycles. The zero-order valence-electron chi connectivity index (χ0n) is 15.6. The highest BCUT2D eigenvalue weighted by molar-refractivity contribution is 6.30. The van der Waals surface area contributed by atoms with Gasteiger partial charge in [-0.2, -0.15) is 0 Å². The third kappa shape index (κ3) is 4.43. The van der Waals surface area contributed by atoms with Crippen molar-refractivity contribution in [1.29, 1.82) is 0 Å². The lowest BCUT2D eigenvalue weighted by atomic mass is 10.1. The van der Waals surface area contributed by atoms with E-state index in [1.807, 2.05) is 62.4 Å². The molecule has 3 aromatic rings. The molecule has 0 radical (unpaired) electrons. The monoisotopic (exact) mass is 388 g/mol. The summed E-state index contributed by atoms with van der Waals surface area (Å²) in [5.41, 5.74) is 2.62. The fourth-order valence-electron chi connectivity index (χ4n) is 3.24. The van der Waals surface area contributed by atoms with Gasteiger partial charge in [-0.3, -0.25) is 9.13 Å². The van der Waals surface area contributed by atoms with E-state index in [1.165, 1.54) is 0 Å². The number of hydrogen-bond donors (Lipinski definition) is 1. The van der Waals surface area contributed by atoms with E-state index in [9.17, 15) is 9.90 Å². The van der Waals surface area contributed by atoms with Gasteiger partial charge in [-0.1, -0.05) is 42.8 Å². The van der Waals surface area contributed by atoms with E-state index in [2.05, 4.69) is 0 Å². The highest BCUT2D eigenvalue weighted by atomic mass is 35.5. The van der Waals surface area contributed by atoms with Gasteiger partial charge in [0, 0.05) is 11.6 Å². The summed E-state index contributed by atoms with van der Waals surface area (Å²) in [6, 6.07) is 15.1. The van der Waals surface area contributed by atoms with Crippen molar-refractivity contribution in [2.45, 2.75) is 45.6 Å².